The van der Waals surface area contributed by atoms with Gasteiger partial charge in [-0.2, -0.15) is 5.10 Å². The fourth-order valence-corrected chi connectivity index (χ4v) is 5.22. The number of likely N-dealkylation sites (tertiary alicyclic amines) is 1. The molecule has 1 fully saturated rings. The SMILES string of the molecule is Fc1cc(OCCN2CCCC2)cc(-c2cccc3[nH]c(-c4n[nH]c5ccc(-c6cccnc6)nc45)nc23)c1. The molecule has 0 unspecified atom stereocenters. The number of hydrogen-bond acceptors (Lipinski definition) is 6. The molecule has 2 aromatic carbocycles. The Bertz CT molecular complexity index is 1770. The zero-order chi connectivity index (χ0) is 26.2. The van der Waals surface area contributed by atoms with Gasteiger partial charge in [-0.25, -0.2) is 14.4 Å². The van der Waals surface area contributed by atoms with Gasteiger partial charge in [-0.3, -0.25) is 15.0 Å². The molecule has 2 N–H and O–H groups in total. The molecular weight excluding hydrogens is 493 g/mol. The van der Waals surface area contributed by atoms with E-state index in [1.165, 1.54) is 25.0 Å². The van der Waals surface area contributed by atoms with E-state index in [4.69, 9.17) is 14.7 Å². The molecule has 5 heterocycles. The molecule has 7 rings (SSSR count). The van der Waals surface area contributed by atoms with E-state index in [0.717, 1.165) is 53.0 Å². The lowest BCUT2D eigenvalue weighted by Crippen LogP contribution is -2.25. The number of fused-ring (bicyclic) bond motifs is 2. The molecule has 0 aliphatic carbocycles. The van der Waals surface area contributed by atoms with Gasteiger partial charge in [-0.15, -0.1) is 0 Å². The van der Waals surface area contributed by atoms with Crippen LogP contribution in [0, 0.1) is 5.82 Å². The number of para-hydroxylation sites is 1. The molecule has 0 saturated carbocycles. The van der Waals surface area contributed by atoms with E-state index < -0.39 is 0 Å². The number of pyridine rings is 2. The first-order valence-electron chi connectivity index (χ1n) is 13.1. The number of rotatable bonds is 7. The first kappa shape index (κ1) is 23.5. The Morgan fingerprint density at radius 3 is 2.69 bits per heavy atom. The molecule has 4 aromatic heterocycles. The maximum Gasteiger partial charge on any atom is 0.161 e. The second-order valence-corrected chi connectivity index (χ2v) is 9.77. The van der Waals surface area contributed by atoms with Crippen LogP contribution in [-0.2, 0) is 0 Å². The van der Waals surface area contributed by atoms with E-state index in [-0.39, 0.29) is 5.82 Å². The highest BCUT2D eigenvalue weighted by Crippen LogP contribution is 2.33. The van der Waals surface area contributed by atoms with Crippen LogP contribution in [0.2, 0.25) is 0 Å². The summed E-state index contributed by atoms with van der Waals surface area (Å²) in [5.74, 6) is 0.752. The molecule has 1 saturated heterocycles. The zero-order valence-electron chi connectivity index (χ0n) is 21.2. The summed E-state index contributed by atoms with van der Waals surface area (Å²) in [6.45, 7) is 3.58. The van der Waals surface area contributed by atoms with Gasteiger partial charge < -0.3 is 9.72 Å². The Hall–Kier alpha value is -4.63. The molecule has 39 heavy (non-hydrogen) atoms. The van der Waals surface area contributed by atoms with Gasteiger partial charge in [0.25, 0.3) is 0 Å². The van der Waals surface area contributed by atoms with Crippen molar-refractivity contribution in [2.75, 3.05) is 26.2 Å². The van der Waals surface area contributed by atoms with Crippen molar-refractivity contribution in [1.82, 2.24) is 35.0 Å². The van der Waals surface area contributed by atoms with Crippen molar-refractivity contribution in [2.24, 2.45) is 0 Å². The normalized spacial score (nSPS) is 14.0. The quantitative estimate of drug-likeness (QED) is 0.275. The highest BCUT2D eigenvalue weighted by atomic mass is 19.1. The number of benzene rings is 2. The third kappa shape index (κ3) is 4.61. The Labute approximate surface area is 223 Å². The third-order valence-electron chi connectivity index (χ3n) is 7.16. The lowest BCUT2D eigenvalue weighted by molar-refractivity contribution is 0.237. The van der Waals surface area contributed by atoms with E-state index in [1.54, 1.807) is 12.4 Å². The van der Waals surface area contributed by atoms with Gasteiger partial charge in [0.1, 0.15) is 23.7 Å². The van der Waals surface area contributed by atoms with Gasteiger partial charge in [0.05, 0.1) is 22.2 Å². The maximum absolute atomic E-state index is 14.7. The second-order valence-electron chi connectivity index (χ2n) is 9.77. The maximum atomic E-state index is 14.7. The summed E-state index contributed by atoms with van der Waals surface area (Å²) < 4.78 is 20.6. The lowest BCUT2D eigenvalue weighted by atomic mass is 10.0. The summed E-state index contributed by atoms with van der Waals surface area (Å²) in [5, 5.41) is 7.56. The smallest absolute Gasteiger partial charge is 0.161 e. The average Bonchev–Trinajstić information content (AvgIpc) is 3.72. The number of nitrogens with zero attached hydrogens (tertiary/aromatic N) is 5. The van der Waals surface area contributed by atoms with Crippen LogP contribution in [0.5, 0.6) is 5.75 Å². The van der Waals surface area contributed by atoms with E-state index in [9.17, 15) is 4.39 Å². The summed E-state index contributed by atoms with van der Waals surface area (Å²) in [5.41, 5.74) is 6.90. The number of imidazole rings is 1. The standard InChI is InChI=1S/C30H26FN7O/c31-21-15-20(16-22(17-21)39-14-13-38-11-1-2-12-38)23-6-3-7-25-27(23)35-30(34-25)29-28-26(36-37-29)9-8-24(33-28)19-5-4-10-32-18-19/h3-10,15-18H,1-2,11-14H2,(H,34,35)(H,36,37). The average molecular weight is 520 g/mol. The van der Waals surface area contributed by atoms with Crippen LogP contribution < -0.4 is 4.74 Å². The molecule has 1 aliphatic heterocycles. The Kier molecular flexibility index (Phi) is 5.97. The van der Waals surface area contributed by atoms with Gasteiger partial charge in [-0.05, 0) is 74.0 Å². The van der Waals surface area contributed by atoms with Gasteiger partial charge in [0, 0.05) is 36.1 Å². The van der Waals surface area contributed by atoms with Crippen molar-refractivity contribution >= 4 is 22.1 Å². The molecule has 8 nitrogen and oxygen atoms in total. The van der Waals surface area contributed by atoms with E-state index in [0.29, 0.717) is 35.0 Å². The number of H-pyrrole nitrogens is 2. The highest BCUT2D eigenvalue weighted by Gasteiger charge is 2.18. The van der Waals surface area contributed by atoms with Crippen LogP contribution in [0.1, 0.15) is 12.8 Å². The van der Waals surface area contributed by atoms with Crippen LogP contribution in [0.25, 0.3) is 56.0 Å². The number of ether oxygens (including phenoxy) is 1. The van der Waals surface area contributed by atoms with Gasteiger partial charge in [0.15, 0.2) is 11.5 Å². The molecule has 1 aliphatic rings. The summed E-state index contributed by atoms with van der Waals surface area (Å²) in [4.78, 5) is 19.7. The molecule has 0 amide bonds. The first-order chi connectivity index (χ1) is 19.2. The minimum atomic E-state index is -0.345. The van der Waals surface area contributed by atoms with E-state index in [2.05, 4.69) is 25.1 Å². The molecule has 0 spiro atoms. The molecule has 0 bridgehead atoms. The van der Waals surface area contributed by atoms with Crippen molar-refractivity contribution < 1.29 is 9.13 Å². The van der Waals surface area contributed by atoms with E-state index >= 15 is 0 Å². The van der Waals surface area contributed by atoms with Gasteiger partial charge in [-0.1, -0.05) is 12.1 Å². The predicted molar refractivity (Wildman–Crippen MR) is 149 cm³/mol. The molecule has 9 heteroatoms. The summed E-state index contributed by atoms with van der Waals surface area (Å²) >= 11 is 0. The zero-order valence-corrected chi connectivity index (χ0v) is 21.2. The van der Waals surface area contributed by atoms with Crippen molar-refractivity contribution in [3.8, 4) is 39.7 Å². The van der Waals surface area contributed by atoms with Gasteiger partial charge in [0.2, 0.25) is 0 Å². The minimum absolute atomic E-state index is 0.345. The first-order valence-corrected chi connectivity index (χ1v) is 13.1. The van der Waals surface area contributed by atoms with Crippen molar-refractivity contribution in [3.05, 3.63) is 78.9 Å². The minimum Gasteiger partial charge on any atom is -0.492 e. The molecule has 194 valence electrons. The van der Waals surface area contributed by atoms with Crippen LogP contribution in [0.4, 0.5) is 4.39 Å². The van der Waals surface area contributed by atoms with Crippen molar-refractivity contribution in [3.63, 3.8) is 0 Å². The fourth-order valence-electron chi connectivity index (χ4n) is 5.22. The fraction of sp³-hybridized carbons (Fsp3) is 0.200. The summed E-state index contributed by atoms with van der Waals surface area (Å²) in [6.07, 6.45) is 5.98. The monoisotopic (exact) mass is 519 g/mol. The highest BCUT2D eigenvalue weighted by molar-refractivity contribution is 5.96. The molecule has 0 radical (unpaired) electrons. The topological polar surface area (TPSA) is 95.6 Å². The van der Waals surface area contributed by atoms with Crippen molar-refractivity contribution in [2.45, 2.75) is 12.8 Å². The third-order valence-corrected chi connectivity index (χ3v) is 7.16. The van der Waals surface area contributed by atoms with Crippen LogP contribution >= 0.6 is 0 Å². The number of halogens is 1. The van der Waals surface area contributed by atoms with Crippen LogP contribution in [0.15, 0.2) is 73.1 Å². The lowest BCUT2D eigenvalue weighted by Gasteiger charge is -2.15. The summed E-state index contributed by atoms with van der Waals surface area (Å²) in [6, 6.07) is 18.4. The largest absolute Gasteiger partial charge is 0.492 e. The molecule has 0 atom stereocenters. The van der Waals surface area contributed by atoms with Crippen LogP contribution in [-0.4, -0.2) is 61.3 Å². The van der Waals surface area contributed by atoms with E-state index in [1.807, 2.05) is 48.5 Å². The number of aromatic nitrogens is 6. The Morgan fingerprint density at radius 2 is 1.82 bits per heavy atom. The van der Waals surface area contributed by atoms with Crippen molar-refractivity contribution in [1.29, 1.82) is 0 Å². The van der Waals surface area contributed by atoms with Gasteiger partial charge >= 0.3 is 0 Å². The summed E-state index contributed by atoms with van der Waals surface area (Å²) in [7, 11) is 0. The number of aromatic amines is 2. The van der Waals surface area contributed by atoms with Crippen LogP contribution in [0.3, 0.4) is 0 Å². The Morgan fingerprint density at radius 1 is 0.897 bits per heavy atom. The number of nitrogens with one attached hydrogen (secondary N) is 2. The second kappa shape index (κ2) is 9.92. The number of hydrogen-bond donors (Lipinski definition) is 2. The Balaban J connectivity index is 1.23. The predicted octanol–water partition coefficient (Wildman–Crippen LogP) is 5.84. The molecule has 6 aromatic rings. The molecular formula is C30H26FN7O.